The number of hydrogen-bond donors (Lipinski definition) is 1. The molecule has 1 aliphatic rings. The Morgan fingerprint density at radius 1 is 1.35 bits per heavy atom. The van der Waals surface area contributed by atoms with Gasteiger partial charge in [-0.2, -0.15) is 0 Å². The standard InChI is InChI=1S/C16H18ClN3O4S2/c1-11-9-13(20(21)22)10-14(17)16(11)19-6-4-12(5-7-19)18-26(23,24)15-3-2-8-25-15/h2-3,8-10,12,18H,4-7H2,1H3. The van der Waals surface area contributed by atoms with Crippen LogP contribution >= 0.6 is 22.9 Å². The first-order chi connectivity index (χ1) is 12.3. The van der Waals surface area contributed by atoms with Crippen LogP contribution in [0.4, 0.5) is 11.4 Å². The van der Waals surface area contributed by atoms with Crippen molar-refractivity contribution in [3.05, 3.63) is 50.3 Å². The zero-order chi connectivity index (χ0) is 18.9. The lowest BCUT2D eigenvalue weighted by Crippen LogP contribution is -2.44. The maximum atomic E-state index is 12.3. The summed E-state index contributed by atoms with van der Waals surface area (Å²) in [5, 5.41) is 13.0. The number of rotatable bonds is 5. The van der Waals surface area contributed by atoms with Gasteiger partial charge in [0.2, 0.25) is 10.0 Å². The molecule has 0 bridgehead atoms. The van der Waals surface area contributed by atoms with Crippen LogP contribution in [0.3, 0.4) is 0 Å². The molecule has 0 unspecified atom stereocenters. The van der Waals surface area contributed by atoms with Gasteiger partial charge in [0.1, 0.15) is 4.21 Å². The topological polar surface area (TPSA) is 92.6 Å². The summed E-state index contributed by atoms with van der Waals surface area (Å²) in [6.45, 7) is 3.03. The van der Waals surface area contributed by atoms with Gasteiger partial charge in [0.25, 0.3) is 5.69 Å². The number of halogens is 1. The van der Waals surface area contributed by atoms with Crippen LogP contribution in [-0.2, 0) is 10.0 Å². The average molecular weight is 416 g/mol. The van der Waals surface area contributed by atoms with E-state index in [0.29, 0.717) is 35.2 Å². The Morgan fingerprint density at radius 3 is 2.58 bits per heavy atom. The van der Waals surface area contributed by atoms with Gasteiger partial charge in [-0.1, -0.05) is 17.7 Å². The quantitative estimate of drug-likeness (QED) is 0.595. The number of nitro benzene ring substituents is 1. The molecule has 1 aromatic heterocycles. The zero-order valence-corrected chi connectivity index (χ0v) is 16.4. The molecule has 0 amide bonds. The average Bonchev–Trinajstić information content (AvgIpc) is 3.11. The number of nitro groups is 1. The van der Waals surface area contributed by atoms with Crippen LogP contribution < -0.4 is 9.62 Å². The van der Waals surface area contributed by atoms with Gasteiger partial charge >= 0.3 is 0 Å². The summed E-state index contributed by atoms with van der Waals surface area (Å²) in [6.07, 6.45) is 1.27. The summed E-state index contributed by atoms with van der Waals surface area (Å²) in [4.78, 5) is 12.5. The monoisotopic (exact) mass is 415 g/mol. The molecular weight excluding hydrogens is 398 g/mol. The maximum Gasteiger partial charge on any atom is 0.271 e. The number of anilines is 1. The molecule has 3 rings (SSSR count). The predicted octanol–water partition coefficient (Wildman–Crippen LogP) is 3.57. The van der Waals surface area contributed by atoms with Gasteiger partial charge in [0, 0.05) is 31.3 Å². The lowest BCUT2D eigenvalue weighted by Gasteiger charge is -2.35. The van der Waals surface area contributed by atoms with E-state index >= 15 is 0 Å². The highest BCUT2D eigenvalue weighted by Gasteiger charge is 2.27. The van der Waals surface area contributed by atoms with Crippen molar-refractivity contribution in [1.29, 1.82) is 0 Å². The minimum Gasteiger partial charge on any atom is -0.370 e. The predicted molar refractivity (Wildman–Crippen MR) is 103 cm³/mol. The van der Waals surface area contributed by atoms with Crippen molar-refractivity contribution in [2.24, 2.45) is 0 Å². The van der Waals surface area contributed by atoms with Crippen LogP contribution in [0.15, 0.2) is 33.9 Å². The number of sulfonamides is 1. The second-order valence-electron chi connectivity index (χ2n) is 6.16. The van der Waals surface area contributed by atoms with Gasteiger partial charge < -0.3 is 4.90 Å². The molecule has 10 heteroatoms. The fourth-order valence-electron chi connectivity index (χ4n) is 3.14. The van der Waals surface area contributed by atoms with Crippen molar-refractivity contribution in [2.75, 3.05) is 18.0 Å². The molecule has 1 fully saturated rings. The van der Waals surface area contributed by atoms with Gasteiger partial charge in [-0.05, 0) is 36.8 Å². The Bertz CT molecular complexity index is 885. The second kappa shape index (κ2) is 7.51. The number of nitrogens with zero attached hydrogens (tertiary/aromatic N) is 2. The third-order valence-corrected chi connectivity index (χ3v) is 7.55. The highest BCUT2D eigenvalue weighted by molar-refractivity contribution is 7.91. The summed E-state index contributed by atoms with van der Waals surface area (Å²) in [6, 6.07) is 6.02. The van der Waals surface area contributed by atoms with Gasteiger partial charge in [-0.3, -0.25) is 10.1 Å². The van der Waals surface area contributed by atoms with Gasteiger partial charge in [0.15, 0.2) is 0 Å². The van der Waals surface area contributed by atoms with E-state index in [2.05, 4.69) is 9.62 Å². The van der Waals surface area contributed by atoms with Crippen LogP contribution in [0, 0.1) is 17.0 Å². The molecule has 2 aromatic rings. The van der Waals surface area contributed by atoms with Crippen molar-refractivity contribution in [3.8, 4) is 0 Å². The first-order valence-electron chi connectivity index (χ1n) is 8.03. The van der Waals surface area contributed by atoms with E-state index in [-0.39, 0.29) is 11.7 Å². The first kappa shape index (κ1) is 19.1. The van der Waals surface area contributed by atoms with E-state index in [1.807, 2.05) is 0 Å². The number of benzene rings is 1. The highest BCUT2D eigenvalue weighted by atomic mass is 35.5. The van der Waals surface area contributed by atoms with Crippen LogP contribution in [0.2, 0.25) is 5.02 Å². The largest absolute Gasteiger partial charge is 0.370 e. The summed E-state index contributed by atoms with van der Waals surface area (Å²) in [5.41, 5.74) is 1.48. The minimum atomic E-state index is -3.48. The van der Waals surface area contributed by atoms with Crippen molar-refractivity contribution in [3.63, 3.8) is 0 Å². The minimum absolute atomic E-state index is 0.0326. The first-order valence-corrected chi connectivity index (χ1v) is 10.8. The highest BCUT2D eigenvalue weighted by Crippen LogP contribution is 2.35. The second-order valence-corrected chi connectivity index (χ2v) is 9.46. The van der Waals surface area contributed by atoms with Crippen molar-refractivity contribution in [1.82, 2.24) is 4.72 Å². The Kier molecular flexibility index (Phi) is 5.52. The molecule has 1 aromatic carbocycles. The number of nitrogens with one attached hydrogen (secondary N) is 1. The van der Waals surface area contributed by atoms with E-state index in [1.165, 1.54) is 23.5 Å². The molecule has 0 radical (unpaired) electrons. The Morgan fingerprint density at radius 2 is 2.04 bits per heavy atom. The Balaban J connectivity index is 1.69. The third-order valence-electron chi connectivity index (χ3n) is 4.34. The van der Waals surface area contributed by atoms with Crippen LogP contribution in [-0.4, -0.2) is 32.5 Å². The molecule has 0 atom stereocenters. The van der Waals surface area contributed by atoms with Gasteiger partial charge in [0.05, 0.1) is 15.6 Å². The van der Waals surface area contributed by atoms with E-state index in [4.69, 9.17) is 11.6 Å². The Labute approximate surface area is 160 Å². The van der Waals surface area contributed by atoms with Crippen LogP contribution in [0.5, 0.6) is 0 Å². The van der Waals surface area contributed by atoms with Crippen LogP contribution in [0.1, 0.15) is 18.4 Å². The van der Waals surface area contributed by atoms with Crippen LogP contribution in [0.25, 0.3) is 0 Å². The van der Waals surface area contributed by atoms with Crippen molar-refractivity contribution < 1.29 is 13.3 Å². The molecule has 2 heterocycles. The molecular formula is C16H18ClN3O4S2. The molecule has 0 saturated carbocycles. The van der Waals surface area contributed by atoms with Gasteiger partial charge in [-0.25, -0.2) is 13.1 Å². The Hall–Kier alpha value is -1.68. The number of aryl methyl sites for hydroxylation is 1. The SMILES string of the molecule is Cc1cc([N+](=O)[O-])cc(Cl)c1N1CCC(NS(=O)(=O)c2cccs2)CC1. The van der Waals surface area contributed by atoms with E-state index in [0.717, 1.165) is 11.3 Å². The lowest BCUT2D eigenvalue weighted by molar-refractivity contribution is -0.384. The number of hydrogen-bond acceptors (Lipinski definition) is 6. The summed E-state index contributed by atoms with van der Waals surface area (Å²) in [7, 11) is -3.48. The van der Waals surface area contributed by atoms with E-state index in [9.17, 15) is 18.5 Å². The summed E-state index contributed by atoms with van der Waals surface area (Å²) < 4.78 is 27.7. The van der Waals surface area contributed by atoms with E-state index in [1.54, 1.807) is 24.4 Å². The smallest absolute Gasteiger partial charge is 0.271 e. The molecule has 1 aliphatic heterocycles. The molecule has 0 spiro atoms. The van der Waals surface area contributed by atoms with Gasteiger partial charge in [-0.15, -0.1) is 11.3 Å². The normalized spacial score (nSPS) is 16.0. The fourth-order valence-corrected chi connectivity index (χ4v) is 5.83. The third kappa shape index (κ3) is 4.01. The number of thiophene rings is 1. The summed E-state index contributed by atoms with van der Waals surface area (Å²) >= 11 is 7.46. The molecule has 1 saturated heterocycles. The molecule has 7 nitrogen and oxygen atoms in total. The fraction of sp³-hybridized carbons (Fsp3) is 0.375. The number of piperidine rings is 1. The summed E-state index contributed by atoms with van der Waals surface area (Å²) in [5.74, 6) is 0. The molecule has 1 N–H and O–H groups in total. The maximum absolute atomic E-state index is 12.3. The van der Waals surface area contributed by atoms with Crippen molar-refractivity contribution >= 4 is 44.3 Å². The zero-order valence-electron chi connectivity index (χ0n) is 14.0. The molecule has 26 heavy (non-hydrogen) atoms. The van der Waals surface area contributed by atoms with E-state index < -0.39 is 14.9 Å². The number of non-ortho nitro benzene ring substituents is 1. The molecule has 0 aliphatic carbocycles. The molecule has 140 valence electrons. The lowest BCUT2D eigenvalue weighted by atomic mass is 10.0. The van der Waals surface area contributed by atoms with Crippen molar-refractivity contribution in [2.45, 2.75) is 30.0 Å².